The molecule has 158 valence electrons. The lowest BCUT2D eigenvalue weighted by Gasteiger charge is -2.08. The predicted octanol–water partition coefficient (Wildman–Crippen LogP) is 5.37. The Labute approximate surface area is 190 Å². The van der Waals surface area contributed by atoms with Crippen molar-refractivity contribution in [3.63, 3.8) is 0 Å². The number of hydrazone groups is 1. The summed E-state index contributed by atoms with van der Waals surface area (Å²) in [5.41, 5.74) is 6.30. The van der Waals surface area contributed by atoms with Gasteiger partial charge in [0.25, 0.3) is 5.91 Å². The van der Waals surface area contributed by atoms with Crippen LogP contribution in [0.1, 0.15) is 28.4 Å². The molecule has 2 amide bonds. The Morgan fingerprint density at radius 1 is 0.935 bits per heavy atom. The molecule has 0 aromatic heterocycles. The molecule has 3 aromatic carbocycles. The molecule has 0 unspecified atom stereocenters. The van der Waals surface area contributed by atoms with E-state index in [2.05, 4.69) is 15.8 Å². The molecule has 0 aliphatic carbocycles. The average Bonchev–Trinajstić information content (AvgIpc) is 2.78. The lowest BCUT2D eigenvalue weighted by atomic mass is 10.1. The Bertz CT molecular complexity index is 1090. The second-order valence-electron chi connectivity index (χ2n) is 6.76. The first-order valence-electron chi connectivity index (χ1n) is 9.63. The molecule has 0 aliphatic heterocycles. The normalized spacial score (nSPS) is 11.1. The van der Waals surface area contributed by atoms with Crippen LogP contribution in [0, 0.1) is 0 Å². The number of hydrogen-bond acceptors (Lipinski definition) is 4. The lowest BCUT2D eigenvalue weighted by Crippen LogP contribution is -2.21. The van der Waals surface area contributed by atoms with Crippen molar-refractivity contribution in [2.75, 3.05) is 11.1 Å². The molecule has 31 heavy (non-hydrogen) atoms. The number of hydrogen-bond donors (Lipinski definition) is 2. The van der Waals surface area contributed by atoms with Crippen LogP contribution in [0.5, 0.6) is 0 Å². The van der Waals surface area contributed by atoms with Gasteiger partial charge in [0.15, 0.2) is 0 Å². The van der Waals surface area contributed by atoms with Gasteiger partial charge >= 0.3 is 0 Å². The summed E-state index contributed by atoms with van der Waals surface area (Å²) in [6, 6.07) is 24.0. The zero-order chi connectivity index (χ0) is 22.1. The van der Waals surface area contributed by atoms with E-state index in [4.69, 9.17) is 11.6 Å². The largest absolute Gasteiger partial charge is 0.322 e. The van der Waals surface area contributed by atoms with Crippen LogP contribution >= 0.6 is 23.4 Å². The SMILES string of the molecule is C/C(=N/NC(=O)CSCc1ccccc1)c1cccc(NC(=O)c2cccc(Cl)c2)c1. The smallest absolute Gasteiger partial charge is 0.255 e. The third-order valence-electron chi connectivity index (χ3n) is 4.32. The van der Waals surface area contributed by atoms with E-state index in [-0.39, 0.29) is 11.8 Å². The molecule has 0 saturated carbocycles. The van der Waals surface area contributed by atoms with Crippen molar-refractivity contribution in [3.05, 3.63) is 101 Å². The average molecular weight is 452 g/mol. The van der Waals surface area contributed by atoms with Gasteiger partial charge in [-0.15, -0.1) is 11.8 Å². The van der Waals surface area contributed by atoms with E-state index in [0.29, 0.717) is 27.7 Å². The number of carbonyl (C=O) groups excluding carboxylic acids is 2. The van der Waals surface area contributed by atoms with Gasteiger partial charge < -0.3 is 5.32 Å². The summed E-state index contributed by atoms with van der Waals surface area (Å²) in [4.78, 5) is 24.5. The number of rotatable bonds is 8. The molecule has 0 spiro atoms. The van der Waals surface area contributed by atoms with E-state index in [1.807, 2.05) is 42.5 Å². The van der Waals surface area contributed by atoms with Gasteiger partial charge in [-0.25, -0.2) is 5.43 Å². The van der Waals surface area contributed by atoms with Crippen molar-refractivity contribution >= 4 is 46.6 Å². The fraction of sp³-hybridized carbons (Fsp3) is 0.125. The monoisotopic (exact) mass is 451 g/mol. The minimum Gasteiger partial charge on any atom is -0.322 e. The number of anilines is 1. The molecule has 3 aromatic rings. The summed E-state index contributed by atoms with van der Waals surface area (Å²) >= 11 is 7.48. The highest BCUT2D eigenvalue weighted by atomic mass is 35.5. The van der Waals surface area contributed by atoms with Crippen molar-refractivity contribution in [2.24, 2.45) is 5.10 Å². The molecule has 2 N–H and O–H groups in total. The third-order valence-corrected chi connectivity index (χ3v) is 5.56. The molecule has 0 fully saturated rings. The van der Waals surface area contributed by atoms with E-state index in [0.717, 1.165) is 11.3 Å². The van der Waals surface area contributed by atoms with Gasteiger partial charge in [0.05, 0.1) is 11.5 Å². The van der Waals surface area contributed by atoms with Gasteiger partial charge in [0.2, 0.25) is 5.91 Å². The van der Waals surface area contributed by atoms with Crippen LogP contribution < -0.4 is 10.7 Å². The predicted molar refractivity (Wildman–Crippen MR) is 129 cm³/mol. The molecule has 0 radical (unpaired) electrons. The van der Waals surface area contributed by atoms with Crippen molar-refractivity contribution in [1.82, 2.24) is 5.43 Å². The van der Waals surface area contributed by atoms with E-state index >= 15 is 0 Å². The van der Waals surface area contributed by atoms with Crippen LogP contribution in [-0.2, 0) is 10.5 Å². The Morgan fingerprint density at radius 2 is 1.68 bits per heavy atom. The third kappa shape index (κ3) is 7.27. The van der Waals surface area contributed by atoms with Gasteiger partial charge in [-0.2, -0.15) is 5.10 Å². The first-order valence-corrected chi connectivity index (χ1v) is 11.2. The topological polar surface area (TPSA) is 70.6 Å². The molecule has 7 heteroatoms. The minimum atomic E-state index is -0.252. The standard InChI is InChI=1S/C24H22ClN3O2S/c1-17(27-28-23(29)16-31-15-18-7-3-2-4-8-18)19-9-6-12-22(14-19)26-24(30)20-10-5-11-21(25)13-20/h2-14H,15-16H2,1H3,(H,26,30)(H,28,29)/b27-17-. The fourth-order valence-electron chi connectivity index (χ4n) is 2.73. The number of carbonyl (C=O) groups is 2. The number of amides is 2. The number of nitrogens with one attached hydrogen (secondary N) is 2. The summed E-state index contributed by atoms with van der Waals surface area (Å²) in [6.45, 7) is 1.80. The van der Waals surface area contributed by atoms with Crippen molar-refractivity contribution in [3.8, 4) is 0 Å². The van der Waals surface area contributed by atoms with E-state index < -0.39 is 0 Å². The van der Waals surface area contributed by atoms with Gasteiger partial charge in [-0.05, 0) is 48.4 Å². The quantitative estimate of drug-likeness (QED) is 0.357. The van der Waals surface area contributed by atoms with Crippen molar-refractivity contribution in [2.45, 2.75) is 12.7 Å². The van der Waals surface area contributed by atoms with Crippen LogP contribution in [-0.4, -0.2) is 23.3 Å². The van der Waals surface area contributed by atoms with Crippen LogP contribution in [0.3, 0.4) is 0 Å². The molecule has 0 saturated heterocycles. The zero-order valence-electron chi connectivity index (χ0n) is 17.0. The first kappa shape index (κ1) is 22.6. The highest BCUT2D eigenvalue weighted by Crippen LogP contribution is 2.16. The zero-order valence-corrected chi connectivity index (χ0v) is 18.5. The van der Waals surface area contributed by atoms with E-state index in [1.165, 1.54) is 17.3 Å². The van der Waals surface area contributed by atoms with Crippen molar-refractivity contribution in [1.29, 1.82) is 0 Å². The molecular weight excluding hydrogens is 430 g/mol. The highest BCUT2D eigenvalue weighted by Gasteiger charge is 2.08. The van der Waals surface area contributed by atoms with E-state index in [1.54, 1.807) is 43.3 Å². The maximum atomic E-state index is 12.4. The van der Waals surface area contributed by atoms with Crippen LogP contribution in [0.25, 0.3) is 0 Å². The Hall–Kier alpha value is -3.09. The first-order chi connectivity index (χ1) is 15.0. The van der Waals surface area contributed by atoms with Crippen LogP contribution in [0.2, 0.25) is 5.02 Å². The number of nitrogens with zero attached hydrogens (tertiary/aromatic N) is 1. The molecule has 0 aliphatic rings. The molecule has 5 nitrogen and oxygen atoms in total. The fourth-order valence-corrected chi connectivity index (χ4v) is 3.70. The Kier molecular flexibility index (Phi) is 8.27. The Balaban J connectivity index is 1.53. The second kappa shape index (κ2) is 11.3. The maximum absolute atomic E-state index is 12.4. The second-order valence-corrected chi connectivity index (χ2v) is 8.18. The number of thioether (sulfide) groups is 1. The Morgan fingerprint density at radius 3 is 2.45 bits per heavy atom. The summed E-state index contributed by atoms with van der Waals surface area (Å²) in [5, 5.41) is 7.53. The minimum absolute atomic E-state index is 0.161. The molecule has 3 rings (SSSR count). The molecule has 0 heterocycles. The van der Waals surface area contributed by atoms with Crippen molar-refractivity contribution < 1.29 is 9.59 Å². The summed E-state index contributed by atoms with van der Waals surface area (Å²) in [7, 11) is 0. The highest BCUT2D eigenvalue weighted by molar-refractivity contribution is 7.99. The maximum Gasteiger partial charge on any atom is 0.255 e. The van der Waals surface area contributed by atoms with Gasteiger partial charge in [-0.1, -0.05) is 60.1 Å². The van der Waals surface area contributed by atoms with Gasteiger partial charge in [-0.3, -0.25) is 9.59 Å². The molecule has 0 atom stereocenters. The van der Waals surface area contributed by atoms with Gasteiger partial charge in [0.1, 0.15) is 0 Å². The summed E-state index contributed by atoms with van der Waals surface area (Å²) in [6.07, 6.45) is 0. The summed E-state index contributed by atoms with van der Waals surface area (Å²) < 4.78 is 0. The summed E-state index contributed by atoms with van der Waals surface area (Å²) in [5.74, 6) is 0.677. The molecular formula is C24H22ClN3O2S. The molecule has 0 bridgehead atoms. The van der Waals surface area contributed by atoms with E-state index in [9.17, 15) is 9.59 Å². The lowest BCUT2D eigenvalue weighted by molar-refractivity contribution is -0.118. The van der Waals surface area contributed by atoms with Gasteiger partial charge in [0, 0.05) is 22.0 Å². The number of benzene rings is 3. The van der Waals surface area contributed by atoms with Crippen LogP contribution in [0.4, 0.5) is 5.69 Å². The van der Waals surface area contributed by atoms with Crippen LogP contribution in [0.15, 0.2) is 84.0 Å². The number of halogens is 1.